The predicted molar refractivity (Wildman–Crippen MR) is 122 cm³/mol. The first-order valence-electron chi connectivity index (χ1n) is 11.2. The summed E-state index contributed by atoms with van der Waals surface area (Å²) >= 11 is 1.83. The molecule has 0 amide bonds. The van der Waals surface area contributed by atoms with Crippen LogP contribution < -0.4 is 10.1 Å². The standard InChI is InChI=1S/C24H30N2O2S.ClH/c1-2-7-26-21(3-1)23(6-10-28-24(16-23)12-18-11-19(18)13-24)5-8-25-14-20-22-17(15-29-20)4-9-27-22;/h1-3,7,15,18-19,25H,4-6,8-14,16H2;1H. The van der Waals surface area contributed by atoms with Gasteiger partial charge < -0.3 is 14.8 Å². The SMILES string of the molecule is Cl.c1ccc(C2(CCNCc3scc4c3OCC4)CCOC3(CC4CC4C3)C2)nc1. The number of nitrogens with one attached hydrogen (secondary N) is 1. The van der Waals surface area contributed by atoms with Crippen LogP contribution >= 0.6 is 23.7 Å². The van der Waals surface area contributed by atoms with E-state index in [1.807, 2.05) is 23.6 Å². The minimum atomic E-state index is 0. The Morgan fingerprint density at radius 3 is 2.93 bits per heavy atom. The summed E-state index contributed by atoms with van der Waals surface area (Å²) in [5, 5.41) is 5.98. The molecule has 4 heterocycles. The summed E-state index contributed by atoms with van der Waals surface area (Å²) in [6, 6.07) is 6.43. The Morgan fingerprint density at radius 1 is 1.20 bits per heavy atom. The summed E-state index contributed by atoms with van der Waals surface area (Å²) in [4.78, 5) is 6.18. The number of pyridine rings is 1. The van der Waals surface area contributed by atoms with Gasteiger partial charge in [-0.3, -0.25) is 4.98 Å². The fourth-order valence-electron chi connectivity index (χ4n) is 6.26. The zero-order valence-electron chi connectivity index (χ0n) is 17.4. The summed E-state index contributed by atoms with van der Waals surface area (Å²) in [5.41, 5.74) is 2.91. The number of hydrogen-bond donors (Lipinski definition) is 1. The van der Waals surface area contributed by atoms with E-state index in [2.05, 4.69) is 22.8 Å². The van der Waals surface area contributed by atoms with Crippen LogP contribution in [0.25, 0.3) is 0 Å². The Labute approximate surface area is 189 Å². The van der Waals surface area contributed by atoms with Gasteiger partial charge in [-0.05, 0) is 74.4 Å². The second-order valence-electron chi connectivity index (χ2n) is 9.66. The smallest absolute Gasteiger partial charge is 0.137 e. The zero-order chi connectivity index (χ0) is 19.3. The van der Waals surface area contributed by atoms with Crippen LogP contribution in [-0.4, -0.2) is 30.3 Å². The molecule has 2 aliphatic carbocycles. The third-order valence-electron chi connectivity index (χ3n) is 7.77. The highest BCUT2D eigenvalue weighted by Gasteiger charge is 2.58. The molecule has 162 valence electrons. The van der Waals surface area contributed by atoms with Gasteiger partial charge in [0.1, 0.15) is 5.75 Å². The molecule has 2 aromatic rings. The van der Waals surface area contributed by atoms with Gasteiger partial charge in [0.15, 0.2) is 0 Å². The first-order chi connectivity index (χ1) is 14.3. The molecule has 1 spiro atoms. The normalized spacial score (nSPS) is 33.6. The van der Waals surface area contributed by atoms with Crippen LogP contribution in [0, 0.1) is 11.8 Å². The molecule has 6 rings (SSSR count). The van der Waals surface area contributed by atoms with E-state index in [0.717, 1.165) is 69.6 Å². The first-order valence-corrected chi connectivity index (χ1v) is 12.1. The van der Waals surface area contributed by atoms with Crippen LogP contribution in [0.4, 0.5) is 0 Å². The molecule has 0 radical (unpaired) electrons. The Balaban J connectivity index is 0.00000193. The number of ether oxygens (including phenoxy) is 2. The summed E-state index contributed by atoms with van der Waals surface area (Å²) in [6.45, 7) is 3.64. The molecule has 0 aromatic carbocycles. The van der Waals surface area contributed by atoms with Gasteiger partial charge >= 0.3 is 0 Å². The van der Waals surface area contributed by atoms with E-state index in [4.69, 9.17) is 14.5 Å². The largest absolute Gasteiger partial charge is 0.492 e. The van der Waals surface area contributed by atoms with E-state index >= 15 is 0 Å². The molecule has 2 saturated carbocycles. The van der Waals surface area contributed by atoms with E-state index < -0.39 is 0 Å². The number of halogens is 1. The average molecular weight is 447 g/mol. The van der Waals surface area contributed by atoms with Crippen LogP contribution in [0.15, 0.2) is 29.8 Å². The number of rotatable bonds is 6. The molecule has 4 nitrogen and oxygen atoms in total. The molecule has 30 heavy (non-hydrogen) atoms. The van der Waals surface area contributed by atoms with Crippen molar-refractivity contribution in [3.8, 4) is 5.75 Å². The number of fused-ring (bicyclic) bond motifs is 2. The van der Waals surface area contributed by atoms with Gasteiger partial charge in [0.25, 0.3) is 0 Å². The molecule has 1 N–H and O–H groups in total. The maximum absolute atomic E-state index is 6.46. The molecular formula is C24H31ClN2O2S. The Kier molecular flexibility index (Phi) is 5.59. The van der Waals surface area contributed by atoms with Crippen molar-refractivity contribution in [2.24, 2.45) is 11.8 Å². The highest BCUT2D eigenvalue weighted by Crippen LogP contribution is 2.61. The number of aromatic nitrogens is 1. The van der Waals surface area contributed by atoms with Crippen molar-refractivity contribution < 1.29 is 9.47 Å². The van der Waals surface area contributed by atoms with Gasteiger partial charge in [-0.15, -0.1) is 23.7 Å². The minimum absolute atomic E-state index is 0. The monoisotopic (exact) mass is 446 g/mol. The fraction of sp³-hybridized carbons (Fsp3) is 0.625. The minimum Gasteiger partial charge on any atom is -0.492 e. The maximum Gasteiger partial charge on any atom is 0.137 e. The van der Waals surface area contributed by atoms with Crippen molar-refractivity contribution in [3.05, 3.63) is 45.9 Å². The third-order valence-corrected chi connectivity index (χ3v) is 8.78. The molecule has 2 aromatic heterocycles. The lowest BCUT2D eigenvalue weighted by atomic mass is 9.67. The van der Waals surface area contributed by atoms with Gasteiger partial charge in [-0.25, -0.2) is 0 Å². The Bertz CT molecular complexity index is 879. The lowest BCUT2D eigenvalue weighted by Crippen LogP contribution is -2.48. The maximum atomic E-state index is 6.46. The zero-order valence-corrected chi connectivity index (χ0v) is 19.0. The highest BCUT2D eigenvalue weighted by molar-refractivity contribution is 7.10. The van der Waals surface area contributed by atoms with Crippen molar-refractivity contribution in [1.82, 2.24) is 10.3 Å². The van der Waals surface area contributed by atoms with E-state index in [1.54, 1.807) is 0 Å². The van der Waals surface area contributed by atoms with Crippen LogP contribution in [0.3, 0.4) is 0 Å². The molecular weight excluding hydrogens is 416 g/mol. The first kappa shape index (κ1) is 20.7. The van der Waals surface area contributed by atoms with Gasteiger partial charge in [-0.1, -0.05) is 6.07 Å². The van der Waals surface area contributed by atoms with E-state index in [9.17, 15) is 0 Å². The molecule has 3 unspecified atom stereocenters. The molecule has 2 aliphatic heterocycles. The van der Waals surface area contributed by atoms with Crippen LogP contribution in [-0.2, 0) is 23.1 Å². The molecule has 0 bridgehead atoms. The molecule has 3 atom stereocenters. The summed E-state index contributed by atoms with van der Waals surface area (Å²) in [7, 11) is 0. The number of thiophene rings is 1. The fourth-order valence-corrected chi connectivity index (χ4v) is 7.25. The number of hydrogen-bond acceptors (Lipinski definition) is 5. The molecule has 1 saturated heterocycles. The molecule has 3 fully saturated rings. The van der Waals surface area contributed by atoms with Gasteiger partial charge in [0, 0.05) is 42.4 Å². The van der Waals surface area contributed by atoms with Crippen molar-refractivity contribution in [2.75, 3.05) is 19.8 Å². The summed E-state index contributed by atoms with van der Waals surface area (Å²) in [5.74, 6) is 3.03. The summed E-state index contributed by atoms with van der Waals surface area (Å²) in [6.07, 6.45) is 10.4. The summed E-state index contributed by atoms with van der Waals surface area (Å²) < 4.78 is 12.3. The van der Waals surface area contributed by atoms with Crippen LogP contribution in [0.2, 0.25) is 0 Å². The lowest BCUT2D eigenvalue weighted by Gasteiger charge is -2.47. The van der Waals surface area contributed by atoms with Crippen molar-refractivity contribution in [1.29, 1.82) is 0 Å². The third kappa shape index (κ3) is 3.68. The average Bonchev–Trinajstić information content (AvgIpc) is 3.10. The quantitative estimate of drug-likeness (QED) is 0.641. The highest BCUT2D eigenvalue weighted by atomic mass is 35.5. The van der Waals surface area contributed by atoms with Crippen molar-refractivity contribution in [3.63, 3.8) is 0 Å². The second kappa shape index (κ2) is 8.09. The molecule has 4 aliphatic rings. The molecule has 6 heteroatoms. The predicted octanol–water partition coefficient (Wildman–Crippen LogP) is 4.90. The number of nitrogens with zero attached hydrogens (tertiary/aromatic N) is 1. The van der Waals surface area contributed by atoms with Crippen molar-refractivity contribution in [2.45, 2.75) is 62.5 Å². The lowest BCUT2D eigenvalue weighted by molar-refractivity contribution is -0.111. The van der Waals surface area contributed by atoms with Gasteiger partial charge in [0.05, 0.1) is 17.1 Å². The Morgan fingerprint density at radius 2 is 2.10 bits per heavy atom. The van der Waals surface area contributed by atoms with Crippen LogP contribution in [0.5, 0.6) is 5.75 Å². The Hall–Kier alpha value is -1.14. The topological polar surface area (TPSA) is 43.4 Å². The van der Waals surface area contributed by atoms with Crippen molar-refractivity contribution >= 4 is 23.7 Å². The van der Waals surface area contributed by atoms with E-state index in [0.29, 0.717) is 0 Å². The van der Waals surface area contributed by atoms with Gasteiger partial charge in [-0.2, -0.15) is 0 Å². The van der Waals surface area contributed by atoms with E-state index in [1.165, 1.54) is 35.4 Å². The van der Waals surface area contributed by atoms with Gasteiger partial charge in [0.2, 0.25) is 0 Å². The van der Waals surface area contributed by atoms with E-state index in [-0.39, 0.29) is 23.4 Å². The second-order valence-corrected chi connectivity index (χ2v) is 10.6. The van der Waals surface area contributed by atoms with Crippen LogP contribution in [0.1, 0.15) is 54.7 Å².